The van der Waals surface area contributed by atoms with Crippen LogP contribution in [0.5, 0.6) is 17.2 Å². The number of hydrogen-bond donors (Lipinski definition) is 2. The van der Waals surface area contributed by atoms with Gasteiger partial charge in [-0.3, -0.25) is 14.6 Å². The number of carbonyl (C=O) groups excluding carboxylic acids is 2. The second-order valence-corrected chi connectivity index (χ2v) is 8.50. The van der Waals surface area contributed by atoms with Crippen LogP contribution in [0, 0.1) is 5.82 Å². The topological polar surface area (TPSA) is 104 Å². The maximum atomic E-state index is 15.0. The number of rotatable bonds is 7. The Morgan fingerprint density at radius 2 is 1.65 bits per heavy atom. The lowest BCUT2D eigenvalue weighted by Crippen LogP contribution is -2.20. The van der Waals surface area contributed by atoms with Gasteiger partial charge in [-0.2, -0.15) is 13.2 Å². The van der Waals surface area contributed by atoms with E-state index >= 15 is 4.39 Å². The first kappa shape index (κ1) is 25.9. The number of alkyl halides is 3. The van der Waals surface area contributed by atoms with Gasteiger partial charge in [0.2, 0.25) is 0 Å². The monoisotopic (exact) mass is 517 g/mol. The highest BCUT2D eigenvalue weighted by molar-refractivity contribution is 6.07. The van der Waals surface area contributed by atoms with Crippen LogP contribution in [0.3, 0.4) is 0 Å². The zero-order valence-corrected chi connectivity index (χ0v) is 19.5. The van der Waals surface area contributed by atoms with Crippen molar-refractivity contribution in [3.8, 4) is 17.2 Å². The molecule has 0 radical (unpaired) electrons. The number of nitrogens with zero attached hydrogens (tertiary/aromatic N) is 1. The molecule has 11 heteroatoms. The van der Waals surface area contributed by atoms with Gasteiger partial charge in [-0.1, -0.05) is 6.42 Å². The Kier molecular flexibility index (Phi) is 7.61. The van der Waals surface area contributed by atoms with Crippen LogP contribution in [0.2, 0.25) is 0 Å². The molecule has 0 atom stereocenters. The van der Waals surface area contributed by atoms with Crippen molar-refractivity contribution >= 4 is 17.5 Å². The van der Waals surface area contributed by atoms with Gasteiger partial charge in [0.15, 0.2) is 5.82 Å². The zero-order chi connectivity index (χ0) is 26.6. The maximum Gasteiger partial charge on any atom is 0.419 e. The second kappa shape index (κ2) is 10.9. The smallest absolute Gasteiger partial charge is 0.419 e. The Morgan fingerprint density at radius 3 is 2.30 bits per heavy atom. The van der Waals surface area contributed by atoms with E-state index in [1.807, 2.05) is 0 Å². The third-order valence-corrected chi connectivity index (χ3v) is 5.81. The molecule has 7 nitrogen and oxygen atoms in total. The molecule has 1 heterocycles. The van der Waals surface area contributed by atoms with Crippen molar-refractivity contribution in [3.63, 3.8) is 0 Å². The number of ether oxygens (including phenoxy) is 2. The first-order valence-electron chi connectivity index (χ1n) is 11.5. The summed E-state index contributed by atoms with van der Waals surface area (Å²) in [7, 11) is 0. The summed E-state index contributed by atoms with van der Waals surface area (Å²) in [5, 5.41) is 2.26. The molecule has 1 saturated carbocycles. The van der Waals surface area contributed by atoms with Crippen LogP contribution in [0.4, 0.5) is 23.2 Å². The summed E-state index contributed by atoms with van der Waals surface area (Å²) in [6, 6.07) is 10.0. The summed E-state index contributed by atoms with van der Waals surface area (Å²) < 4.78 is 66.7. The summed E-state index contributed by atoms with van der Waals surface area (Å²) in [6.07, 6.45) is 1.51. The van der Waals surface area contributed by atoms with Crippen molar-refractivity contribution in [2.75, 3.05) is 5.32 Å². The number of halogens is 4. The molecule has 0 saturated heterocycles. The van der Waals surface area contributed by atoms with Crippen molar-refractivity contribution in [2.24, 2.45) is 5.73 Å². The van der Waals surface area contributed by atoms with Crippen LogP contribution in [0.25, 0.3) is 0 Å². The number of hydrogen-bond acceptors (Lipinski definition) is 5. The first-order chi connectivity index (χ1) is 17.6. The SMILES string of the molecule is NC(=O)c1cc(NC(=O)c2c(Oc3ccc(OC4CCCCC4)cc3)ccc(C(F)(F)F)c2F)ccn1. The van der Waals surface area contributed by atoms with Crippen molar-refractivity contribution in [2.45, 2.75) is 44.4 Å². The van der Waals surface area contributed by atoms with Crippen LogP contribution in [-0.2, 0) is 6.18 Å². The lowest BCUT2D eigenvalue weighted by atomic mass is 9.98. The maximum absolute atomic E-state index is 15.0. The van der Waals surface area contributed by atoms with Gasteiger partial charge < -0.3 is 20.5 Å². The largest absolute Gasteiger partial charge is 0.490 e. The Bertz CT molecular complexity index is 1290. The molecule has 3 N–H and O–H groups in total. The number of primary amides is 1. The number of nitrogens with two attached hydrogens (primary N) is 1. The molecule has 1 aliphatic rings. The van der Waals surface area contributed by atoms with Crippen LogP contribution >= 0.6 is 0 Å². The molecule has 0 unspecified atom stereocenters. The van der Waals surface area contributed by atoms with E-state index in [0.29, 0.717) is 11.8 Å². The molecule has 2 aromatic carbocycles. The highest BCUT2D eigenvalue weighted by Crippen LogP contribution is 2.38. The normalized spacial score (nSPS) is 14.2. The number of anilines is 1. The Hall–Kier alpha value is -4.15. The number of amides is 2. The van der Waals surface area contributed by atoms with Gasteiger partial charge in [0.1, 0.15) is 28.5 Å². The van der Waals surface area contributed by atoms with Crippen LogP contribution in [0.1, 0.15) is 58.5 Å². The van der Waals surface area contributed by atoms with Crippen molar-refractivity contribution in [1.82, 2.24) is 4.98 Å². The minimum atomic E-state index is -5.05. The fourth-order valence-corrected chi connectivity index (χ4v) is 4.00. The van der Waals surface area contributed by atoms with Crippen LogP contribution < -0.4 is 20.5 Å². The van der Waals surface area contributed by atoms with Gasteiger partial charge in [-0.15, -0.1) is 0 Å². The van der Waals surface area contributed by atoms with E-state index in [2.05, 4.69) is 10.3 Å². The predicted molar refractivity (Wildman–Crippen MR) is 126 cm³/mol. The van der Waals surface area contributed by atoms with E-state index in [1.165, 1.54) is 24.6 Å². The summed E-state index contributed by atoms with van der Waals surface area (Å²) in [4.78, 5) is 28.0. The Balaban J connectivity index is 1.61. The van der Waals surface area contributed by atoms with Crippen molar-refractivity contribution < 1.29 is 36.6 Å². The van der Waals surface area contributed by atoms with Crippen molar-refractivity contribution in [3.05, 3.63) is 77.4 Å². The van der Waals surface area contributed by atoms with Gasteiger partial charge in [0.25, 0.3) is 11.8 Å². The Labute approximate surface area is 209 Å². The second-order valence-electron chi connectivity index (χ2n) is 8.50. The molecule has 0 bridgehead atoms. The molecule has 4 rings (SSSR count). The molecule has 194 valence electrons. The number of benzene rings is 2. The molecule has 1 aliphatic carbocycles. The molecule has 0 spiro atoms. The highest BCUT2D eigenvalue weighted by atomic mass is 19.4. The fraction of sp³-hybridized carbons (Fsp3) is 0.269. The third-order valence-electron chi connectivity index (χ3n) is 5.81. The molecule has 1 fully saturated rings. The van der Waals surface area contributed by atoms with E-state index in [4.69, 9.17) is 15.2 Å². The number of nitrogens with one attached hydrogen (secondary N) is 1. The summed E-state index contributed by atoms with van der Waals surface area (Å²) in [5.74, 6) is -3.60. The molecule has 37 heavy (non-hydrogen) atoms. The number of aromatic nitrogens is 1. The lowest BCUT2D eigenvalue weighted by Gasteiger charge is -2.23. The molecular formula is C26H23F4N3O4. The van der Waals surface area contributed by atoms with E-state index in [9.17, 15) is 22.8 Å². The van der Waals surface area contributed by atoms with Crippen LogP contribution in [0.15, 0.2) is 54.7 Å². The zero-order valence-electron chi connectivity index (χ0n) is 19.5. The minimum absolute atomic E-state index is 0.0271. The van der Waals surface area contributed by atoms with Gasteiger partial charge in [-0.05, 0) is 74.2 Å². The molecule has 1 aromatic heterocycles. The average Bonchev–Trinajstić information content (AvgIpc) is 2.85. The Morgan fingerprint density at radius 1 is 0.973 bits per heavy atom. The average molecular weight is 517 g/mol. The summed E-state index contributed by atoms with van der Waals surface area (Å²) in [6.45, 7) is 0. The van der Waals surface area contributed by atoms with Gasteiger partial charge in [-0.25, -0.2) is 4.39 Å². The molecule has 0 aliphatic heterocycles. The highest BCUT2D eigenvalue weighted by Gasteiger charge is 2.37. The number of carbonyl (C=O) groups is 2. The minimum Gasteiger partial charge on any atom is -0.490 e. The third kappa shape index (κ3) is 6.35. The van der Waals surface area contributed by atoms with E-state index in [0.717, 1.165) is 44.0 Å². The van der Waals surface area contributed by atoms with E-state index in [1.54, 1.807) is 12.1 Å². The van der Waals surface area contributed by atoms with Gasteiger partial charge in [0.05, 0.1) is 11.7 Å². The van der Waals surface area contributed by atoms with E-state index < -0.39 is 40.7 Å². The van der Waals surface area contributed by atoms with E-state index in [-0.39, 0.29) is 23.2 Å². The quantitative estimate of drug-likeness (QED) is 0.369. The molecule has 2 amide bonds. The fourth-order valence-electron chi connectivity index (χ4n) is 4.00. The van der Waals surface area contributed by atoms with Crippen LogP contribution in [-0.4, -0.2) is 22.9 Å². The summed E-state index contributed by atoms with van der Waals surface area (Å²) >= 11 is 0. The number of pyridine rings is 1. The van der Waals surface area contributed by atoms with Crippen molar-refractivity contribution in [1.29, 1.82) is 0 Å². The standard InChI is InChI=1S/C26H23F4N3O4/c27-23-19(26(28,29)30)10-11-21(22(23)25(35)33-15-12-13-32-20(14-15)24(31)34)37-18-8-6-17(7-9-18)36-16-4-2-1-3-5-16/h6-14,16H,1-5H2,(H2,31,34)(H,32,33,35). The van der Waals surface area contributed by atoms with Gasteiger partial charge >= 0.3 is 6.18 Å². The lowest BCUT2D eigenvalue weighted by molar-refractivity contribution is -0.140. The van der Waals surface area contributed by atoms with Gasteiger partial charge in [0, 0.05) is 11.9 Å². The molecule has 3 aromatic rings. The summed E-state index contributed by atoms with van der Waals surface area (Å²) in [5.41, 5.74) is 2.34. The first-order valence-corrected chi connectivity index (χ1v) is 11.5. The predicted octanol–water partition coefficient (Wildman–Crippen LogP) is 6.09. The molecular weight excluding hydrogens is 494 g/mol.